The molecule has 0 radical (unpaired) electrons. The molecule has 0 saturated heterocycles. The van der Waals surface area contributed by atoms with Crippen molar-refractivity contribution in [1.82, 2.24) is 19.7 Å². The van der Waals surface area contributed by atoms with E-state index in [-0.39, 0.29) is 18.4 Å². The van der Waals surface area contributed by atoms with E-state index >= 15 is 0 Å². The molecule has 0 unspecified atom stereocenters. The Hall–Kier alpha value is -2.25. The number of hydrogen-bond acceptors (Lipinski definition) is 5. The van der Waals surface area contributed by atoms with Crippen LogP contribution in [0.3, 0.4) is 0 Å². The van der Waals surface area contributed by atoms with Gasteiger partial charge >= 0.3 is 0 Å². The quantitative estimate of drug-likeness (QED) is 0.720. The van der Waals surface area contributed by atoms with Gasteiger partial charge in [-0.15, -0.1) is 0 Å². The highest BCUT2D eigenvalue weighted by Gasteiger charge is 2.14. The molecule has 6 nitrogen and oxygen atoms in total. The van der Waals surface area contributed by atoms with Crippen LogP contribution in [0, 0.1) is 5.92 Å². The third-order valence-corrected chi connectivity index (χ3v) is 4.11. The molecule has 0 aromatic carbocycles. The average molecular weight is 316 g/mol. The molecule has 3 rings (SSSR count). The normalized spacial score (nSPS) is 12.4. The zero-order valence-corrected chi connectivity index (χ0v) is 12.7. The number of rotatable bonds is 6. The Kier molecular flexibility index (Phi) is 4.45. The first-order valence-electron chi connectivity index (χ1n) is 6.96. The van der Waals surface area contributed by atoms with Gasteiger partial charge in [0.1, 0.15) is 5.69 Å². The molecular formula is C15H16N4O2S. The van der Waals surface area contributed by atoms with Crippen molar-refractivity contribution in [1.29, 1.82) is 0 Å². The molecule has 0 spiro atoms. The second-order valence-electron chi connectivity index (χ2n) is 5.05. The van der Waals surface area contributed by atoms with Crippen molar-refractivity contribution in [3.8, 4) is 0 Å². The van der Waals surface area contributed by atoms with Crippen LogP contribution in [-0.2, 0) is 6.42 Å². The van der Waals surface area contributed by atoms with Gasteiger partial charge in [-0.2, -0.15) is 11.3 Å². The van der Waals surface area contributed by atoms with E-state index in [1.165, 1.54) is 5.56 Å². The second-order valence-corrected chi connectivity index (χ2v) is 5.83. The van der Waals surface area contributed by atoms with Crippen molar-refractivity contribution < 1.29 is 9.90 Å². The fourth-order valence-electron chi connectivity index (χ4n) is 2.21. The van der Waals surface area contributed by atoms with Crippen molar-refractivity contribution in [2.75, 3.05) is 13.2 Å². The van der Waals surface area contributed by atoms with Crippen LogP contribution in [0.2, 0.25) is 0 Å². The van der Waals surface area contributed by atoms with E-state index in [0.717, 1.165) is 6.42 Å². The molecule has 114 valence electrons. The summed E-state index contributed by atoms with van der Waals surface area (Å²) in [5.41, 5.74) is 1.50. The molecule has 7 heteroatoms. The number of nitrogens with zero attached hydrogens (tertiary/aromatic N) is 3. The topological polar surface area (TPSA) is 79.5 Å². The number of carbonyl (C=O) groups excluding carboxylic acids is 1. The van der Waals surface area contributed by atoms with Crippen LogP contribution in [0.1, 0.15) is 16.1 Å². The summed E-state index contributed by atoms with van der Waals surface area (Å²) < 4.78 is 1.70. The minimum atomic E-state index is -0.255. The van der Waals surface area contributed by atoms with E-state index in [1.807, 2.05) is 11.4 Å². The number of aromatic nitrogens is 3. The summed E-state index contributed by atoms with van der Waals surface area (Å²) in [4.78, 5) is 20.4. The molecule has 2 N–H and O–H groups in total. The maximum absolute atomic E-state index is 12.1. The lowest BCUT2D eigenvalue weighted by molar-refractivity contribution is 0.0935. The number of amides is 1. The molecule has 0 aliphatic heterocycles. The average Bonchev–Trinajstić information content (AvgIpc) is 3.19. The van der Waals surface area contributed by atoms with Gasteiger partial charge in [0, 0.05) is 37.7 Å². The van der Waals surface area contributed by atoms with Gasteiger partial charge in [0.2, 0.25) is 5.78 Å². The first kappa shape index (κ1) is 14.7. The predicted molar refractivity (Wildman–Crippen MR) is 83.9 cm³/mol. The van der Waals surface area contributed by atoms with Gasteiger partial charge < -0.3 is 10.4 Å². The van der Waals surface area contributed by atoms with E-state index < -0.39 is 0 Å². The molecule has 0 fully saturated rings. The molecule has 1 atom stereocenters. The van der Waals surface area contributed by atoms with Crippen LogP contribution in [0.4, 0.5) is 0 Å². The molecule has 3 aromatic heterocycles. The number of hydrogen-bond donors (Lipinski definition) is 2. The molecule has 0 bridgehead atoms. The molecular weight excluding hydrogens is 300 g/mol. The molecule has 1 amide bonds. The summed E-state index contributed by atoms with van der Waals surface area (Å²) in [6.07, 6.45) is 5.81. The first-order chi connectivity index (χ1) is 10.8. The third kappa shape index (κ3) is 3.32. The minimum absolute atomic E-state index is 0.00583. The molecule has 22 heavy (non-hydrogen) atoms. The van der Waals surface area contributed by atoms with Gasteiger partial charge in [-0.1, -0.05) is 0 Å². The van der Waals surface area contributed by atoms with Gasteiger partial charge in [0.05, 0.1) is 0 Å². The Balaban J connectivity index is 1.61. The second kappa shape index (κ2) is 6.67. The zero-order chi connectivity index (χ0) is 15.4. The minimum Gasteiger partial charge on any atom is -0.396 e. The van der Waals surface area contributed by atoms with Crippen molar-refractivity contribution in [3.05, 3.63) is 52.7 Å². The Morgan fingerprint density at radius 3 is 3.14 bits per heavy atom. The number of imidazole rings is 1. The van der Waals surface area contributed by atoms with E-state index in [4.69, 9.17) is 0 Å². The molecule has 3 aromatic rings. The number of nitrogens with one attached hydrogen (secondary N) is 1. The lowest BCUT2D eigenvalue weighted by atomic mass is 10.0. The van der Waals surface area contributed by atoms with E-state index in [1.54, 1.807) is 40.4 Å². The van der Waals surface area contributed by atoms with Crippen molar-refractivity contribution in [2.45, 2.75) is 6.42 Å². The van der Waals surface area contributed by atoms with Crippen LogP contribution in [0.5, 0.6) is 0 Å². The van der Waals surface area contributed by atoms with Gasteiger partial charge in [-0.3, -0.25) is 9.20 Å². The van der Waals surface area contributed by atoms with Crippen LogP contribution >= 0.6 is 11.3 Å². The highest BCUT2D eigenvalue weighted by molar-refractivity contribution is 7.07. The number of aliphatic hydroxyl groups is 1. The fourth-order valence-corrected chi connectivity index (χ4v) is 2.89. The Labute approximate surface area is 131 Å². The van der Waals surface area contributed by atoms with E-state index in [9.17, 15) is 9.90 Å². The highest BCUT2D eigenvalue weighted by atomic mass is 32.1. The van der Waals surface area contributed by atoms with Crippen molar-refractivity contribution >= 4 is 23.0 Å². The zero-order valence-electron chi connectivity index (χ0n) is 11.8. The predicted octanol–water partition coefficient (Wildman–Crippen LogP) is 1.37. The standard InChI is InChI=1S/C15H16N4O2S/c20-9-12(6-11-2-5-22-10-11)7-17-14(21)13-8-19-4-1-3-16-15(19)18-13/h1-5,8,10,12,20H,6-7,9H2,(H,17,21)/t12-/m0/s1. The van der Waals surface area contributed by atoms with Crippen molar-refractivity contribution in [3.63, 3.8) is 0 Å². The summed E-state index contributed by atoms with van der Waals surface area (Å²) in [7, 11) is 0. The van der Waals surface area contributed by atoms with Crippen LogP contribution < -0.4 is 5.32 Å². The molecule has 0 saturated carbocycles. The number of fused-ring (bicyclic) bond motifs is 1. The lowest BCUT2D eigenvalue weighted by Crippen LogP contribution is -2.32. The third-order valence-electron chi connectivity index (χ3n) is 3.38. The fraction of sp³-hybridized carbons (Fsp3) is 0.267. The van der Waals surface area contributed by atoms with Crippen LogP contribution in [-0.4, -0.2) is 38.5 Å². The smallest absolute Gasteiger partial charge is 0.271 e. The Morgan fingerprint density at radius 2 is 2.41 bits per heavy atom. The van der Waals surface area contributed by atoms with Gasteiger partial charge in [0.25, 0.3) is 5.91 Å². The Bertz CT molecular complexity index is 721. The van der Waals surface area contributed by atoms with Gasteiger partial charge in [0.15, 0.2) is 0 Å². The number of carbonyl (C=O) groups is 1. The monoisotopic (exact) mass is 316 g/mol. The number of aliphatic hydroxyl groups excluding tert-OH is 1. The SMILES string of the molecule is O=C(NC[C@@H](CO)Cc1ccsc1)c1cn2cccnc2n1. The summed E-state index contributed by atoms with van der Waals surface area (Å²) in [5, 5.41) is 16.3. The number of thiophene rings is 1. The Morgan fingerprint density at radius 1 is 1.50 bits per heavy atom. The maximum Gasteiger partial charge on any atom is 0.271 e. The molecule has 3 heterocycles. The van der Waals surface area contributed by atoms with Gasteiger partial charge in [-0.05, 0) is 34.9 Å². The maximum atomic E-state index is 12.1. The molecule has 0 aliphatic carbocycles. The molecule has 0 aliphatic rings. The first-order valence-corrected chi connectivity index (χ1v) is 7.90. The van der Waals surface area contributed by atoms with Crippen molar-refractivity contribution in [2.24, 2.45) is 5.92 Å². The van der Waals surface area contributed by atoms with Gasteiger partial charge in [-0.25, -0.2) is 9.97 Å². The van der Waals surface area contributed by atoms with E-state index in [0.29, 0.717) is 18.0 Å². The summed E-state index contributed by atoms with van der Waals surface area (Å²) in [5.74, 6) is 0.229. The van der Waals surface area contributed by atoms with Crippen LogP contribution in [0.25, 0.3) is 5.78 Å². The lowest BCUT2D eigenvalue weighted by Gasteiger charge is -2.13. The highest BCUT2D eigenvalue weighted by Crippen LogP contribution is 2.12. The summed E-state index contributed by atoms with van der Waals surface area (Å²) >= 11 is 1.63. The largest absolute Gasteiger partial charge is 0.396 e. The van der Waals surface area contributed by atoms with Crippen LogP contribution in [0.15, 0.2) is 41.5 Å². The summed E-state index contributed by atoms with van der Waals surface area (Å²) in [6.45, 7) is 0.440. The summed E-state index contributed by atoms with van der Waals surface area (Å²) in [6, 6.07) is 3.81. The van der Waals surface area contributed by atoms with E-state index in [2.05, 4.69) is 20.7 Å².